The number of carbonyl (C=O) groups is 2. The van der Waals surface area contributed by atoms with Gasteiger partial charge in [-0.3, -0.25) is 9.59 Å². The molecule has 304 valence electrons. The predicted molar refractivity (Wildman–Crippen MR) is 191 cm³/mol. The van der Waals surface area contributed by atoms with Crippen molar-refractivity contribution < 1.29 is 63.5 Å². The van der Waals surface area contributed by atoms with Crippen molar-refractivity contribution in [2.24, 2.45) is 17.8 Å². The van der Waals surface area contributed by atoms with Gasteiger partial charge >= 0.3 is 5.97 Å². The van der Waals surface area contributed by atoms with E-state index >= 15 is 0 Å². The maximum atomic E-state index is 14.2. The molecule has 0 radical (unpaired) electrons. The van der Waals surface area contributed by atoms with E-state index in [-0.39, 0.29) is 44.2 Å². The number of likely N-dealkylation sites (N-methyl/N-ethyl adjacent to an activating group) is 1. The first-order chi connectivity index (χ1) is 24.1. The van der Waals surface area contributed by atoms with Crippen molar-refractivity contribution in [1.82, 2.24) is 4.90 Å². The Morgan fingerprint density at radius 1 is 0.923 bits per heavy atom. The number of aliphatic hydroxyl groups is 5. The van der Waals surface area contributed by atoms with Crippen LogP contribution in [0.2, 0.25) is 0 Å². The predicted octanol–water partition coefficient (Wildman–Crippen LogP) is 2.32. The molecule has 0 saturated carbocycles. The molecule has 0 aliphatic carbocycles. The molecule has 3 aliphatic rings. The molecule has 3 saturated heterocycles. The number of esters is 1. The highest BCUT2D eigenvalue weighted by atomic mass is 16.7. The largest absolute Gasteiger partial charge is 0.459 e. The van der Waals surface area contributed by atoms with Crippen LogP contribution in [-0.2, 0) is 38.0 Å². The third kappa shape index (κ3) is 9.55. The maximum absolute atomic E-state index is 14.2. The molecule has 3 heterocycles. The third-order valence-corrected chi connectivity index (χ3v) is 12.3. The normalized spacial score (nSPS) is 47.6. The van der Waals surface area contributed by atoms with Crippen molar-refractivity contribution >= 4 is 11.8 Å². The van der Waals surface area contributed by atoms with Crippen LogP contribution in [0.15, 0.2) is 0 Å². The van der Waals surface area contributed by atoms with Crippen LogP contribution in [0.25, 0.3) is 0 Å². The highest BCUT2D eigenvalue weighted by Gasteiger charge is 2.53. The number of ether oxygens (including phenoxy) is 6. The van der Waals surface area contributed by atoms with Crippen LogP contribution in [0.5, 0.6) is 0 Å². The number of rotatable bonds is 9. The Hall–Kier alpha value is -1.30. The number of cyclic esters (lactones) is 1. The Kier molecular flexibility index (Phi) is 15.7. The van der Waals surface area contributed by atoms with Gasteiger partial charge in [0.15, 0.2) is 12.6 Å². The number of ketones is 1. The number of carbonyl (C=O) groups excluding carboxylic acids is 2. The van der Waals surface area contributed by atoms with Crippen molar-refractivity contribution in [1.29, 1.82) is 0 Å². The van der Waals surface area contributed by atoms with E-state index in [4.69, 9.17) is 28.4 Å². The van der Waals surface area contributed by atoms with Crippen LogP contribution >= 0.6 is 0 Å². The van der Waals surface area contributed by atoms with Gasteiger partial charge < -0.3 is 58.9 Å². The first-order valence-electron chi connectivity index (χ1n) is 19.2. The zero-order valence-electron chi connectivity index (χ0n) is 33.5. The minimum absolute atomic E-state index is 0.00292. The molecule has 0 aromatic rings. The lowest BCUT2D eigenvalue weighted by atomic mass is 9.74. The number of Topliss-reactive ketones (excluding diaryl/α,β-unsaturated/α-hetero) is 1. The smallest absolute Gasteiger partial charge is 0.311 e. The van der Waals surface area contributed by atoms with E-state index in [0.29, 0.717) is 6.42 Å². The Bertz CT molecular complexity index is 1180. The second kappa shape index (κ2) is 18.1. The zero-order chi connectivity index (χ0) is 39.5. The summed E-state index contributed by atoms with van der Waals surface area (Å²) in [6, 6.07) is -0.321. The number of hydrogen-bond acceptors (Lipinski definition) is 14. The van der Waals surface area contributed by atoms with E-state index in [1.54, 1.807) is 55.4 Å². The molecule has 0 aromatic carbocycles. The topological polar surface area (TPSA) is 194 Å². The van der Waals surface area contributed by atoms with Crippen molar-refractivity contribution in [2.45, 2.75) is 192 Å². The van der Waals surface area contributed by atoms with Gasteiger partial charge in [0.05, 0.1) is 47.6 Å². The molecular formula is C38H69NO13. The van der Waals surface area contributed by atoms with Crippen molar-refractivity contribution in [3.8, 4) is 0 Å². The van der Waals surface area contributed by atoms with Gasteiger partial charge in [0.25, 0.3) is 0 Å². The van der Waals surface area contributed by atoms with Gasteiger partial charge in [-0.1, -0.05) is 34.6 Å². The third-order valence-electron chi connectivity index (χ3n) is 12.3. The van der Waals surface area contributed by atoms with Crippen LogP contribution in [0, 0.1) is 17.8 Å². The van der Waals surface area contributed by atoms with Gasteiger partial charge in [0.2, 0.25) is 0 Å². The van der Waals surface area contributed by atoms with Crippen LogP contribution < -0.4 is 0 Å². The summed E-state index contributed by atoms with van der Waals surface area (Å²) in [5, 5.41) is 58.1. The molecule has 14 nitrogen and oxygen atoms in total. The summed E-state index contributed by atoms with van der Waals surface area (Å²) in [4.78, 5) is 29.8. The number of aliphatic hydroxyl groups excluding tert-OH is 3. The molecule has 5 N–H and O–H groups in total. The van der Waals surface area contributed by atoms with Gasteiger partial charge in [-0.15, -0.1) is 0 Å². The van der Waals surface area contributed by atoms with Crippen molar-refractivity contribution in [3.63, 3.8) is 0 Å². The Morgan fingerprint density at radius 3 is 2.10 bits per heavy atom. The van der Waals surface area contributed by atoms with Crippen molar-refractivity contribution in [3.05, 3.63) is 0 Å². The molecule has 52 heavy (non-hydrogen) atoms. The average Bonchev–Trinajstić information content (AvgIpc) is 3.09. The summed E-state index contributed by atoms with van der Waals surface area (Å²) < 4.78 is 37.4. The first kappa shape index (κ1) is 45.1. The lowest BCUT2D eigenvalue weighted by molar-refractivity contribution is -0.319. The van der Waals surface area contributed by atoms with E-state index in [0.717, 1.165) is 0 Å². The minimum Gasteiger partial charge on any atom is -0.459 e. The number of hydrogen-bond donors (Lipinski definition) is 5. The number of methoxy groups -OCH3 is 1. The summed E-state index contributed by atoms with van der Waals surface area (Å²) in [6.45, 7) is 15.5. The van der Waals surface area contributed by atoms with Crippen molar-refractivity contribution in [2.75, 3.05) is 21.2 Å². The van der Waals surface area contributed by atoms with E-state index in [1.165, 1.54) is 7.11 Å². The fourth-order valence-corrected chi connectivity index (χ4v) is 8.45. The Morgan fingerprint density at radius 2 is 1.56 bits per heavy atom. The van der Waals surface area contributed by atoms with E-state index in [2.05, 4.69) is 0 Å². The van der Waals surface area contributed by atoms with Crippen LogP contribution in [0.1, 0.15) is 107 Å². The van der Waals surface area contributed by atoms with E-state index in [1.807, 2.05) is 25.9 Å². The molecule has 3 fully saturated rings. The summed E-state index contributed by atoms with van der Waals surface area (Å²) in [6.07, 6.45) is -9.83. The molecule has 0 bridgehead atoms. The number of nitrogens with zero attached hydrogens (tertiary/aromatic N) is 1. The molecule has 0 aromatic heterocycles. The quantitative estimate of drug-likeness (QED) is 0.216. The molecule has 17 atom stereocenters. The summed E-state index contributed by atoms with van der Waals surface area (Å²) in [5.74, 6) is -3.82. The lowest BCUT2D eigenvalue weighted by Crippen LogP contribution is -2.61. The maximum Gasteiger partial charge on any atom is 0.311 e. The summed E-state index contributed by atoms with van der Waals surface area (Å²) in [5.41, 5.74) is -4.72. The van der Waals surface area contributed by atoms with E-state index in [9.17, 15) is 35.1 Å². The fraction of sp³-hybridized carbons (Fsp3) is 0.947. The Labute approximate surface area is 310 Å². The van der Waals surface area contributed by atoms with Crippen LogP contribution in [-0.4, -0.2) is 148 Å². The van der Waals surface area contributed by atoms with Crippen LogP contribution in [0.4, 0.5) is 0 Å². The second-order valence-corrected chi connectivity index (χ2v) is 16.2. The highest BCUT2D eigenvalue weighted by Crippen LogP contribution is 2.41. The van der Waals surface area contributed by atoms with Gasteiger partial charge in [-0.2, -0.15) is 0 Å². The molecule has 0 unspecified atom stereocenters. The summed E-state index contributed by atoms with van der Waals surface area (Å²) in [7, 11) is 5.20. The zero-order valence-corrected chi connectivity index (χ0v) is 33.5. The summed E-state index contributed by atoms with van der Waals surface area (Å²) >= 11 is 0. The average molecular weight is 748 g/mol. The molecule has 0 spiro atoms. The van der Waals surface area contributed by atoms with Gasteiger partial charge in [0.1, 0.15) is 29.7 Å². The highest BCUT2D eigenvalue weighted by molar-refractivity contribution is 5.81. The lowest BCUT2D eigenvalue weighted by Gasteiger charge is -2.49. The fourth-order valence-electron chi connectivity index (χ4n) is 8.45. The van der Waals surface area contributed by atoms with Gasteiger partial charge in [-0.25, -0.2) is 0 Å². The monoisotopic (exact) mass is 747 g/mol. The van der Waals surface area contributed by atoms with Gasteiger partial charge in [0, 0.05) is 37.8 Å². The minimum atomic E-state index is -1.93. The first-order valence-corrected chi connectivity index (χ1v) is 19.2. The SMILES string of the molecule is CC[C@H]1OC(=O)[C@H](C)[C@@H](O[C@H]2C[C@@](C)(OC)[C@@H](O)[C@H](C)O2)[C@H](C)[C@@H](O[C@@H]2O[C@H](C)C[C@H](N(C)C)[C@H]2O)[C@@](O)(CC)C[C@@H](C)C(=O)C[C@@H](O)[C@@]1(O)CC. The molecule has 3 aliphatic heterocycles. The van der Waals surface area contributed by atoms with Gasteiger partial charge in [-0.05, 0) is 73.9 Å². The Balaban J connectivity index is 2.21. The second-order valence-electron chi connectivity index (χ2n) is 16.2. The molecule has 14 heteroatoms. The standard InChI is InChI=1S/C38H69NO13/c1-13-28-38(46,15-3)27(41)17-26(40)20(4)18-37(45,14-2)33(52-35-30(42)25(39(10)11)16-21(5)48-35)22(6)31(23(7)34(44)50-28)51-29-19-36(9,47-12)32(43)24(8)49-29/h20-25,27-33,35,41-43,45-46H,13-19H2,1-12H3/t20-,21-,22+,23-,24+,25+,27-,28-,29+,30-,31+,32+,33-,35+,36-,37-,38+/m1/s1. The van der Waals surface area contributed by atoms with Crippen LogP contribution in [0.3, 0.4) is 0 Å². The molecule has 3 rings (SSSR count). The molecular weight excluding hydrogens is 678 g/mol. The molecule has 0 amide bonds. The van der Waals surface area contributed by atoms with E-state index < -0.39 is 108 Å².